The molecule has 4 rings (SSSR count). The molecule has 1 atom stereocenters. The lowest BCUT2D eigenvalue weighted by molar-refractivity contribution is -0.132. The van der Waals surface area contributed by atoms with Crippen molar-refractivity contribution in [1.29, 1.82) is 0 Å². The van der Waals surface area contributed by atoms with Gasteiger partial charge in [0.15, 0.2) is 0 Å². The van der Waals surface area contributed by atoms with Gasteiger partial charge in [0.05, 0.1) is 30.5 Å². The predicted octanol–water partition coefficient (Wildman–Crippen LogP) is 4.69. The molecular formula is C23H18BrNO6. The summed E-state index contributed by atoms with van der Waals surface area (Å²) < 4.78 is 16.6. The van der Waals surface area contributed by atoms with Crippen molar-refractivity contribution in [2.75, 3.05) is 19.1 Å². The van der Waals surface area contributed by atoms with Gasteiger partial charge in [-0.15, -0.1) is 0 Å². The smallest absolute Gasteiger partial charge is 0.300 e. The Bertz CT molecular complexity index is 1180. The maximum absolute atomic E-state index is 13.1. The van der Waals surface area contributed by atoms with Crippen molar-refractivity contribution in [2.24, 2.45) is 0 Å². The first-order chi connectivity index (χ1) is 15.0. The van der Waals surface area contributed by atoms with Crippen LogP contribution in [0.1, 0.15) is 17.4 Å². The summed E-state index contributed by atoms with van der Waals surface area (Å²) in [5.74, 6) is -0.463. The molecule has 1 fully saturated rings. The monoisotopic (exact) mass is 483 g/mol. The molecule has 1 N–H and O–H groups in total. The Labute approximate surface area is 186 Å². The number of aliphatic hydroxyl groups is 1. The van der Waals surface area contributed by atoms with E-state index in [1.807, 2.05) is 0 Å². The minimum Gasteiger partial charge on any atom is -0.507 e. The van der Waals surface area contributed by atoms with Crippen molar-refractivity contribution in [3.8, 4) is 11.5 Å². The van der Waals surface area contributed by atoms with Crippen LogP contribution < -0.4 is 14.4 Å². The van der Waals surface area contributed by atoms with Crippen LogP contribution >= 0.6 is 15.9 Å². The van der Waals surface area contributed by atoms with Crippen LogP contribution in [-0.2, 0) is 9.59 Å². The second-order valence-electron chi connectivity index (χ2n) is 6.74. The molecule has 0 spiro atoms. The Morgan fingerprint density at radius 1 is 1.06 bits per heavy atom. The third kappa shape index (κ3) is 3.59. The summed E-state index contributed by atoms with van der Waals surface area (Å²) in [6.45, 7) is 0. The molecule has 1 aliphatic heterocycles. The van der Waals surface area contributed by atoms with E-state index in [-0.39, 0.29) is 11.3 Å². The molecule has 1 unspecified atom stereocenters. The molecule has 1 aromatic heterocycles. The topological polar surface area (TPSA) is 89.2 Å². The molecule has 8 heteroatoms. The van der Waals surface area contributed by atoms with Crippen molar-refractivity contribution in [3.05, 3.63) is 82.2 Å². The Kier molecular flexibility index (Phi) is 5.56. The fraction of sp³-hybridized carbons (Fsp3) is 0.130. The summed E-state index contributed by atoms with van der Waals surface area (Å²) in [7, 11) is 3.04. The van der Waals surface area contributed by atoms with Gasteiger partial charge in [0.2, 0.25) is 0 Å². The van der Waals surface area contributed by atoms with Crippen LogP contribution in [-0.4, -0.2) is 31.0 Å². The molecule has 2 heterocycles. The van der Waals surface area contributed by atoms with E-state index in [9.17, 15) is 14.7 Å². The van der Waals surface area contributed by atoms with Crippen LogP contribution in [0.4, 0.5) is 5.69 Å². The van der Waals surface area contributed by atoms with Crippen molar-refractivity contribution in [2.45, 2.75) is 6.04 Å². The van der Waals surface area contributed by atoms with Crippen LogP contribution in [0.2, 0.25) is 0 Å². The molecule has 3 aromatic rings. The van der Waals surface area contributed by atoms with Gasteiger partial charge in [-0.2, -0.15) is 0 Å². The Morgan fingerprint density at radius 2 is 1.87 bits per heavy atom. The van der Waals surface area contributed by atoms with Crippen molar-refractivity contribution < 1.29 is 28.6 Å². The number of hydrogen-bond donors (Lipinski definition) is 1. The number of rotatable bonds is 5. The van der Waals surface area contributed by atoms with Gasteiger partial charge < -0.3 is 19.0 Å². The third-order valence-electron chi connectivity index (χ3n) is 5.01. The second-order valence-corrected chi connectivity index (χ2v) is 7.59. The average molecular weight is 484 g/mol. The second kappa shape index (κ2) is 8.31. The van der Waals surface area contributed by atoms with Gasteiger partial charge in [-0.1, -0.05) is 6.07 Å². The van der Waals surface area contributed by atoms with Crippen LogP contribution in [0.5, 0.6) is 11.5 Å². The van der Waals surface area contributed by atoms with E-state index in [2.05, 4.69) is 15.9 Å². The molecule has 158 valence electrons. The highest BCUT2D eigenvalue weighted by Gasteiger charge is 2.48. The number of carbonyl (C=O) groups is 2. The zero-order valence-electron chi connectivity index (χ0n) is 16.7. The number of carbonyl (C=O) groups excluding carboxylic acids is 2. The molecular weight excluding hydrogens is 466 g/mol. The predicted molar refractivity (Wildman–Crippen MR) is 117 cm³/mol. The van der Waals surface area contributed by atoms with E-state index in [0.29, 0.717) is 33.0 Å². The number of amides is 1. The number of methoxy groups -OCH3 is 2. The summed E-state index contributed by atoms with van der Waals surface area (Å²) in [6.07, 6.45) is 1.45. The van der Waals surface area contributed by atoms with Gasteiger partial charge in [0.1, 0.15) is 29.1 Å². The zero-order chi connectivity index (χ0) is 22.1. The molecule has 1 amide bonds. The third-order valence-corrected chi connectivity index (χ3v) is 5.63. The van der Waals surface area contributed by atoms with E-state index in [1.54, 1.807) is 54.6 Å². The molecule has 2 aromatic carbocycles. The summed E-state index contributed by atoms with van der Waals surface area (Å²) >= 11 is 3.38. The number of furan rings is 1. The number of aliphatic hydroxyl groups excluding tert-OH is 1. The molecule has 1 saturated heterocycles. The SMILES string of the molecule is COc1cccc(N2C(=O)C(=O)/C(=C(\O)c3ccc(OC)c(Br)c3)C2c2ccco2)c1. The Morgan fingerprint density at radius 3 is 2.52 bits per heavy atom. The molecule has 7 nitrogen and oxygen atoms in total. The maximum Gasteiger partial charge on any atom is 0.300 e. The molecule has 0 saturated carbocycles. The van der Waals surface area contributed by atoms with E-state index < -0.39 is 17.7 Å². The van der Waals surface area contributed by atoms with E-state index in [4.69, 9.17) is 13.9 Å². The minimum absolute atomic E-state index is 0.0696. The maximum atomic E-state index is 13.1. The fourth-order valence-corrected chi connectivity index (χ4v) is 4.09. The van der Waals surface area contributed by atoms with Crippen molar-refractivity contribution >= 4 is 39.1 Å². The first-order valence-corrected chi connectivity index (χ1v) is 10.1. The van der Waals surface area contributed by atoms with Gasteiger partial charge in [0, 0.05) is 17.3 Å². The molecule has 0 radical (unpaired) electrons. The molecule has 0 bridgehead atoms. The highest BCUT2D eigenvalue weighted by atomic mass is 79.9. The summed E-state index contributed by atoms with van der Waals surface area (Å²) in [4.78, 5) is 27.4. The summed E-state index contributed by atoms with van der Waals surface area (Å²) in [5.41, 5.74) is 0.727. The number of anilines is 1. The number of Topliss-reactive ketones (excluding diaryl/α,β-unsaturated/α-hetero) is 1. The zero-order valence-corrected chi connectivity index (χ0v) is 18.3. The lowest BCUT2D eigenvalue weighted by Crippen LogP contribution is -2.29. The van der Waals surface area contributed by atoms with Crippen LogP contribution in [0.15, 0.2) is 75.3 Å². The van der Waals surface area contributed by atoms with Crippen molar-refractivity contribution in [3.63, 3.8) is 0 Å². The lowest BCUT2D eigenvalue weighted by atomic mass is 9.99. The number of hydrogen-bond acceptors (Lipinski definition) is 6. The number of nitrogens with zero attached hydrogens (tertiary/aromatic N) is 1. The first kappa shape index (κ1) is 20.7. The Hall–Kier alpha value is -3.52. The van der Waals surface area contributed by atoms with Crippen LogP contribution in [0.25, 0.3) is 5.76 Å². The van der Waals surface area contributed by atoms with E-state index >= 15 is 0 Å². The van der Waals surface area contributed by atoms with Crippen molar-refractivity contribution in [1.82, 2.24) is 0 Å². The normalized spacial score (nSPS) is 17.8. The Balaban J connectivity index is 1.91. The summed E-state index contributed by atoms with van der Waals surface area (Å²) in [6, 6.07) is 14.0. The van der Waals surface area contributed by atoms with E-state index in [0.717, 1.165) is 0 Å². The number of benzene rings is 2. The number of ether oxygens (including phenoxy) is 2. The van der Waals surface area contributed by atoms with Crippen LogP contribution in [0, 0.1) is 0 Å². The van der Waals surface area contributed by atoms with Gasteiger partial charge >= 0.3 is 0 Å². The van der Waals surface area contributed by atoms with E-state index in [1.165, 1.54) is 25.4 Å². The molecule has 0 aliphatic carbocycles. The minimum atomic E-state index is -0.942. The molecule has 1 aliphatic rings. The molecule has 31 heavy (non-hydrogen) atoms. The highest BCUT2D eigenvalue weighted by molar-refractivity contribution is 9.10. The quantitative estimate of drug-likeness (QED) is 0.321. The van der Waals surface area contributed by atoms with Crippen LogP contribution in [0.3, 0.4) is 0 Å². The lowest BCUT2D eigenvalue weighted by Gasteiger charge is -2.23. The first-order valence-electron chi connectivity index (χ1n) is 9.28. The van der Waals surface area contributed by atoms with Gasteiger partial charge in [-0.3, -0.25) is 14.5 Å². The fourth-order valence-electron chi connectivity index (χ4n) is 3.54. The largest absolute Gasteiger partial charge is 0.507 e. The standard InChI is InChI=1S/C23H18BrNO6/c1-29-15-6-3-5-14(12-15)25-20(18-7-4-10-31-18)19(22(27)23(25)28)21(26)13-8-9-17(30-2)16(24)11-13/h3-12,20,26H,1-2H3/b21-19-. The summed E-state index contributed by atoms with van der Waals surface area (Å²) in [5, 5.41) is 11.1. The highest BCUT2D eigenvalue weighted by Crippen LogP contribution is 2.43. The van der Waals surface area contributed by atoms with Gasteiger partial charge in [-0.25, -0.2) is 0 Å². The number of halogens is 1. The van der Waals surface area contributed by atoms with Gasteiger partial charge in [-0.05, 0) is 58.4 Å². The van der Waals surface area contributed by atoms with Gasteiger partial charge in [0.25, 0.3) is 11.7 Å². The number of ketones is 1. The average Bonchev–Trinajstić information content (AvgIpc) is 3.40.